The van der Waals surface area contributed by atoms with E-state index in [1.807, 2.05) is 24.3 Å². The van der Waals surface area contributed by atoms with Crippen molar-refractivity contribution in [3.05, 3.63) is 58.1 Å². The molecule has 0 bridgehead atoms. The van der Waals surface area contributed by atoms with Gasteiger partial charge in [-0.05, 0) is 30.3 Å². The van der Waals surface area contributed by atoms with Crippen LogP contribution in [0.15, 0.2) is 42.5 Å². The second-order valence-electron chi connectivity index (χ2n) is 7.22. The Kier molecular flexibility index (Phi) is 5.91. The summed E-state index contributed by atoms with van der Waals surface area (Å²) in [6.45, 7) is 2.31. The number of nitrogens with zero attached hydrogens (tertiary/aromatic N) is 2. The Morgan fingerprint density at radius 1 is 1.17 bits per heavy atom. The van der Waals surface area contributed by atoms with Crippen LogP contribution in [0.25, 0.3) is 0 Å². The van der Waals surface area contributed by atoms with Crippen molar-refractivity contribution < 1.29 is 23.9 Å². The number of benzene rings is 2. The SMILES string of the molecule is COc1ccc(C(C2CNCCN2CC2Oc3ccccc3O2)[N+](=O)[O-])cc1OC. The van der Waals surface area contributed by atoms with Gasteiger partial charge in [-0.15, -0.1) is 0 Å². The molecule has 0 radical (unpaired) electrons. The fourth-order valence-electron chi connectivity index (χ4n) is 4.04. The summed E-state index contributed by atoms with van der Waals surface area (Å²) < 4.78 is 22.4. The van der Waals surface area contributed by atoms with Crippen LogP contribution in [0.1, 0.15) is 11.6 Å². The maximum absolute atomic E-state index is 12.1. The monoisotopic (exact) mass is 415 g/mol. The highest BCUT2D eigenvalue weighted by atomic mass is 16.7. The lowest BCUT2D eigenvalue weighted by Gasteiger charge is -2.37. The maximum Gasteiger partial charge on any atom is 0.254 e. The normalized spacial score (nSPS) is 20.0. The molecule has 30 heavy (non-hydrogen) atoms. The van der Waals surface area contributed by atoms with Gasteiger partial charge in [-0.2, -0.15) is 0 Å². The number of fused-ring (bicyclic) bond motifs is 1. The van der Waals surface area contributed by atoms with Crippen LogP contribution < -0.4 is 24.3 Å². The van der Waals surface area contributed by atoms with Gasteiger partial charge in [-0.25, -0.2) is 0 Å². The minimum Gasteiger partial charge on any atom is -0.493 e. The third-order valence-corrected chi connectivity index (χ3v) is 5.49. The van der Waals surface area contributed by atoms with Crippen LogP contribution in [0.3, 0.4) is 0 Å². The van der Waals surface area contributed by atoms with E-state index in [1.54, 1.807) is 18.2 Å². The lowest BCUT2D eigenvalue weighted by Crippen LogP contribution is -2.57. The highest BCUT2D eigenvalue weighted by Gasteiger charge is 2.41. The van der Waals surface area contributed by atoms with Gasteiger partial charge in [0, 0.05) is 30.1 Å². The Morgan fingerprint density at radius 2 is 1.87 bits per heavy atom. The van der Waals surface area contributed by atoms with E-state index in [9.17, 15) is 10.1 Å². The van der Waals surface area contributed by atoms with Crippen molar-refractivity contribution in [3.8, 4) is 23.0 Å². The zero-order valence-corrected chi connectivity index (χ0v) is 16.9. The molecule has 0 spiro atoms. The van der Waals surface area contributed by atoms with Crippen LogP contribution in [0, 0.1) is 10.1 Å². The second-order valence-corrected chi connectivity index (χ2v) is 7.22. The van der Waals surface area contributed by atoms with Gasteiger partial charge in [0.05, 0.1) is 26.8 Å². The average Bonchev–Trinajstić information content (AvgIpc) is 3.17. The molecule has 0 aromatic heterocycles. The lowest BCUT2D eigenvalue weighted by atomic mass is 9.96. The zero-order valence-electron chi connectivity index (χ0n) is 16.9. The summed E-state index contributed by atoms with van der Waals surface area (Å²) in [6.07, 6.45) is -0.499. The lowest BCUT2D eigenvalue weighted by molar-refractivity contribution is -0.537. The molecule has 2 atom stereocenters. The Balaban J connectivity index is 1.56. The maximum atomic E-state index is 12.1. The molecule has 160 valence electrons. The van der Waals surface area contributed by atoms with Crippen molar-refractivity contribution in [2.24, 2.45) is 0 Å². The first kappa shape index (κ1) is 20.2. The van der Waals surface area contributed by atoms with E-state index >= 15 is 0 Å². The van der Waals surface area contributed by atoms with Gasteiger partial charge in [0.1, 0.15) is 0 Å². The molecule has 2 aliphatic rings. The molecule has 0 aliphatic carbocycles. The van der Waals surface area contributed by atoms with E-state index in [2.05, 4.69) is 10.2 Å². The Morgan fingerprint density at radius 3 is 2.50 bits per heavy atom. The molecule has 9 heteroatoms. The van der Waals surface area contributed by atoms with Gasteiger partial charge < -0.3 is 24.3 Å². The van der Waals surface area contributed by atoms with Crippen LogP contribution in [-0.2, 0) is 0 Å². The molecule has 9 nitrogen and oxygen atoms in total. The standard InChI is InChI=1S/C21H25N3O6/c1-27-16-8-7-14(11-19(16)28-2)21(24(25)26)15-12-22-9-10-23(15)13-20-29-17-5-3-4-6-18(17)30-20/h3-8,11,15,20-22H,9-10,12-13H2,1-2H3. The van der Waals surface area contributed by atoms with Crippen molar-refractivity contribution in [2.45, 2.75) is 18.4 Å². The van der Waals surface area contributed by atoms with E-state index in [1.165, 1.54) is 14.2 Å². The Hall–Kier alpha value is -3.04. The van der Waals surface area contributed by atoms with Crippen molar-refractivity contribution in [2.75, 3.05) is 40.4 Å². The van der Waals surface area contributed by atoms with Crippen molar-refractivity contribution in [1.29, 1.82) is 0 Å². The summed E-state index contributed by atoms with van der Waals surface area (Å²) in [6, 6.07) is 11.3. The number of ether oxygens (including phenoxy) is 4. The van der Waals surface area contributed by atoms with Gasteiger partial charge >= 0.3 is 0 Å². The number of piperazine rings is 1. The summed E-state index contributed by atoms with van der Waals surface area (Å²) in [5, 5.41) is 15.4. The number of nitro groups is 1. The number of para-hydroxylation sites is 2. The number of nitrogens with one attached hydrogen (secondary N) is 1. The predicted molar refractivity (Wildman–Crippen MR) is 109 cm³/mol. The van der Waals surface area contributed by atoms with Gasteiger partial charge in [0.15, 0.2) is 23.0 Å². The quantitative estimate of drug-likeness (QED) is 0.543. The molecular weight excluding hydrogens is 390 g/mol. The van der Waals surface area contributed by atoms with Crippen LogP contribution in [-0.4, -0.2) is 62.6 Å². The molecule has 0 saturated carbocycles. The first-order valence-corrected chi connectivity index (χ1v) is 9.83. The van der Waals surface area contributed by atoms with Crippen LogP contribution in [0.2, 0.25) is 0 Å². The molecule has 2 aromatic rings. The number of methoxy groups -OCH3 is 2. The van der Waals surface area contributed by atoms with Gasteiger partial charge in [-0.1, -0.05) is 12.1 Å². The number of hydrogen-bond acceptors (Lipinski definition) is 8. The third kappa shape index (κ3) is 3.99. The first-order chi connectivity index (χ1) is 14.6. The van der Waals surface area contributed by atoms with Crippen LogP contribution in [0.4, 0.5) is 0 Å². The first-order valence-electron chi connectivity index (χ1n) is 9.83. The van der Waals surface area contributed by atoms with E-state index in [0.717, 1.165) is 6.54 Å². The topological polar surface area (TPSA) is 95.3 Å². The molecule has 2 heterocycles. The molecule has 0 amide bonds. The number of rotatable bonds is 7. The highest BCUT2D eigenvalue weighted by Crippen LogP contribution is 2.36. The van der Waals surface area contributed by atoms with Gasteiger partial charge in [0.25, 0.3) is 12.3 Å². The third-order valence-electron chi connectivity index (χ3n) is 5.49. The van der Waals surface area contributed by atoms with Crippen LogP contribution >= 0.6 is 0 Å². The molecule has 1 N–H and O–H groups in total. The number of hydrogen-bond donors (Lipinski definition) is 1. The minimum absolute atomic E-state index is 0.239. The fourth-order valence-corrected chi connectivity index (χ4v) is 4.04. The predicted octanol–water partition coefficient (Wildman–Crippen LogP) is 2.09. The van der Waals surface area contributed by atoms with Crippen LogP contribution in [0.5, 0.6) is 23.0 Å². The van der Waals surface area contributed by atoms with Crippen molar-refractivity contribution in [1.82, 2.24) is 10.2 Å². The van der Waals surface area contributed by atoms with Crippen molar-refractivity contribution in [3.63, 3.8) is 0 Å². The highest BCUT2D eigenvalue weighted by molar-refractivity contribution is 5.44. The zero-order chi connectivity index (χ0) is 21.1. The summed E-state index contributed by atoms with van der Waals surface area (Å²) in [4.78, 5) is 14.0. The van der Waals surface area contributed by atoms with E-state index in [0.29, 0.717) is 48.2 Å². The minimum atomic E-state index is -0.943. The van der Waals surface area contributed by atoms with E-state index in [-0.39, 0.29) is 11.0 Å². The molecular formula is C21H25N3O6. The van der Waals surface area contributed by atoms with Gasteiger partial charge in [0.2, 0.25) is 0 Å². The summed E-state index contributed by atoms with van der Waals surface area (Å²) in [7, 11) is 3.05. The van der Waals surface area contributed by atoms with E-state index in [4.69, 9.17) is 18.9 Å². The average molecular weight is 415 g/mol. The summed E-state index contributed by atoms with van der Waals surface area (Å²) in [5.41, 5.74) is 0.563. The molecule has 1 fully saturated rings. The summed E-state index contributed by atoms with van der Waals surface area (Å²) in [5.74, 6) is 2.39. The largest absolute Gasteiger partial charge is 0.493 e. The summed E-state index contributed by atoms with van der Waals surface area (Å²) >= 11 is 0. The molecule has 2 unspecified atom stereocenters. The van der Waals surface area contributed by atoms with Crippen molar-refractivity contribution >= 4 is 0 Å². The molecule has 2 aromatic carbocycles. The molecule has 1 saturated heterocycles. The fraction of sp³-hybridized carbons (Fsp3) is 0.429. The Labute approximate surface area is 174 Å². The Bertz CT molecular complexity index is 883. The molecule has 4 rings (SSSR count). The van der Waals surface area contributed by atoms with Gasteiger partial charge in [-0.3, -0.25) is 15.0 Å². The van der Waals surface area contributed by atoms with E-state index < -0.39 is 12.3 Å². The second kappa shape index (κ2) is 8.76. The smallest absolute Gasteiger partial charge is 0.254 e. The molecule has 2 aliphatic heterocycles.